The topological polar surface area (TPSA) is 96.5 Å². The van der Waals surface area contributed by atoms with E-state index >= 15 is 0 Å². The zero-order chi connectivity index (χ0) is 28.3. The number of methoxy groups -OCH3 is 1. The highest BCUT2D eigenvalue weighted by molar-refractivity contribution is 8.00. The molecule has 3 amide bonds. The molecule has 202 valence electrons. The molecular weight excluding hydrogens is 522 g/mol. The second kappa shape index (κ2) is 13.8. The minimum atomic E-state index is -0.505. The predicted octanol–water partition coefficient (Wildman–Crippen LogP) is 6.14. The number of ether oxygens (including phenoxy) is 1. The Morgan fingerprint density at radius 1 is 0.800 bits per heavy atom. The molecule has 0 bridgehead atoms. The van der Waals surface area contributed by atoms with Crippen LogP contribution < -0.4 is 20.7 Å². The highest BCUT2D eigenvalue weighted by Crippen LogP contribution is 2.24. The summed E-state index contributed by atoms with van der Waals surface area (Å²) in [5.74, 6) is -0.287. The molecule has 4 rings (SSSR count). The number of rotatable bonds is 10. The number of benzene rings is 4. The number of carbonyl (C=O) groups is 3. The van der Waals surface area contributed by atoms with Crippen LogP contribution in [0.1, 0.15) is 21.5 Å². The Kier molecular flexibility index (Phi) is 9.74. The number of hydrogen-bond acceptors (Lipinski definition) is 5. The average Bonchev–Trinajstić information content (AvgIpc) is 2.98. The molecule has 0 fully saturated rings. The van der Waals surface area contributed by atoms with E-state index in [1.165, 1.54) is 11.8 Å². The van der Waals surface area contributed by atoms with Crippen LogP contribution in [-0.2, 0) is 9.59 Å². The maximum Gasteiger partial charge on any atom is 0.272 e. The van der Waals surface area contributed by atoms with Crippen LogP contribution in [-0.4, -0.2) is 30.6 Å². The Labute approximate surface area is 237 Å². The fourth-order valence-electron chi connectivity index (χ4n) is 3.73. The largest absolute Gasteiger partial charge is 0.496 e. The number of anilines is 2. The van der Waals surface area contributed by atoms with Crippen molar-refractivity contribution in [3.8, 4) is 5.75 Å². The van der Waals surface area contributed by atoms with Gasteiger partial charge in [0.05, 0.1) is 12.9 Å². The Morgan fingerprint density at radius 3 is 2.27 bits per heavy atom. The minimum Gasteiger partial charge on any atom is -0.496 e. The summed E-state index contributed by atoms with van der Waals surface area (Å²) in [6.07, 6.45) is 1.57. The third kappa shape index (κ3) is 8.09. The second-order valence-corrected chi connectivity index (χ2v) is 9.85. The van der Waals surface area contributed by atoms with E-state index in [0.29, 0.717) is 22.6 Å². The summed E-state index contributed by atoms with van der Waals surface area (Å²) in [4.78, 5) is 39.5. The van der Waals surface area contributed by atoms with Crippen molar-refractivity contribution < 1.29 is 19.1 Å². The van der Waals surface area contributed by atoms with Gasteiger partial charge in [-0.25, -0.2) is 0 Å². The predicted molar refractivity (Wildman–Crippen MR) is 160 cm³/mol. The molecule has 3 N–H and O–H groups in total. The second-order valence-electron chi connectivity index (χ2n) is 8.80. The number of carbonyl (C=O) groups excluding carboxylic acids is 3. The first-order valence-electron chi connectivity index (χ1n) is 12.5. The summed E-state index contributed by atoms with van der Waals surface area (Å²) in [5.41, 5.74) is 3.48. The molecular formula is C32H29N3O4S. The molecule has 0 aliphatic rings. The monoisotopic (exact) mass is 551 g/mol. The number of para-hydroxylation sites is 1. The summed E-state index contributed by atoms with van der Waals surface area (Å²) >= 11 is 1.35. The highest BCUT2D eigenvalue weighted by Gasteiger charge is 2.16. The minimum absolute atomic E-state index is 0.0499. The van der Waals surface area contributed by atoms with Gasteiger partial charge in [-0.15, -0.1) is 11.8 Å². The fourth-order valence-corrected chi connectivity index (χ4v) is 4.48. The van der Waals surface area contributed by atoms with E-state index in [1.54, 1.807) is 67.8 Å². The smallest absolute Gasteiger partial charge is 0.272 e. The lowest BCUT2D eigenvalue weighted by molar-refractivity contribution is -0.114. The number of nitrogens with one attached hydrogen (secondary N) is 3. The van der Waals surface area contributed by atoms with Crippen molar-refractivity contribution in [2.45, 2.75) is 11.8 Å². The number of aryl methyl sites for hydroxylation is 1. The van der Waals surface area contributed by atoms with Gasteiger partial charge >= 0.3 is 0 Å². The molecule has 0 spiro atoms. The number of amides is 3. The van der Waals surface area contributed by atoms with Gasteiger partial charge in [-0.2, -0.15) is 0 Å². The first kappa shape index (κ1) is 28.2. The van der Waals surface area contributed by atoms with E-state index in [-0.39, 0.29) is 17.4 Å². The van der Waals surface area contributed by atoms with E-state index in [0.717, 1.165) is 16.1 Å². The van der Waals surface area contributed by atoms with Crippen molar-refractivity contribution in [2.75, 3.05) is 23.5 Å². The Balaban J connectivity index is 1.47. The summed E-state index contributed by atoms with van der Waals surface area (Å²) in [7, 11) is 1.54. The molecule has 40 heavy (non-hydrogen) atoms. The van der Waals surface area contributed by atoms with Gasteiger partial charge in [0.1, 0.15) is 11.4 Å². The van der Waals surface area contributed by atoms with Crippen LogP contribution in [0.3, 0.4) is 0 Å². The van der Waals surface area contributed by atoms with Crippen LogP contribution in [0.4, 0.5) is 11.4 Å². The van der Waals surface area contributed by atoms with Crippen LogP contribution in [0.2, 0.25) is 0 Å². The van der Waals surface area contributed by atoms with E-state index in [9.17, 15) is 14.4 Å². The SMILES string of the molecule is COc1ccccc1/C=C(/NC(=O)c1ccccc1)C(=O)Nc1cccc(SCC(=O)Nc2ccc(C)cc2)c1. The van der Waals surface area contributed by atoms with Crippen molar-refractivity contribution in [3.63, 3.8) is 0 Å². The molecule has 0 aliphatic carbocycles. The van der Waals surface area contributed by atoms with Crippen molar-refractivity contribution in [2.24, 2.45) is 0 Å². The quantitative estimate of drug-likeness (QED) is 0.162. The molecule has 0 heterocycles. The van der Waals surface area contributed by atoms with E-state index < -0.39 is 11.8 Å². The molecule has 0 radical (unpaired) electrons. The number of hydrogen-bond donors (Lipinski definition) is 3. The molecule has 4 aromatic carbocycles. The third-order valence-electron chi connectivity index (χ3n) is 5.76. The van der Waals surface area contributed by atoms with E-state index in [4.69, 9.17) is 4.74 Å². The molecule has 4 aromatic rings. The Bertz CT molecular complexity index is 1520. The zero-order valence-corrected chi connectivity index (χ0v) is 23.0. The summed E-state index contributed by atoms with van der Waals surface area (Å²) < 4.78 is 5.41. The van der Waals surface area contributed by atoms with Gasteiger partial charge in [0.2, 0.25) is 5.91 Å². The molecule has 7 nitrogen and oxygen atoms in total. The first-order chi connectivity index (χ1) is 19.4. The van der Waals surface area contributed by atoms with Gasteiger partial charge in [-0.3, -0.25) is 14.4 Å². The molecule has 0 aromatic heterocycles. The van der Waals surface area contributed by atoms with Crippen LogP contribution in [0.25, 0.3) is 6.08 Å². The molecule has 0 saturated carbocycles. The van der Waals surface area contributed by atoms with Crippen molar-refractivity contribution in [1.29, 1.82) is 0 Å². The van der Waals surface area contributed by atoms with Gasteiger partial charge < -0.3 is 20.7 Å². The standard InChI is InChI=1S/C32H29N3O4S/c1-22-15-17-25(18-16-22)33-30(36)21-40-27-13-8-12-26(20-27)34-32(38)28(19-24-11-6-7-14-29(24)39-2)35-31(37)23-9-4-3-5-10-23/h3-20H,21H2,1-2H3,(H,33,36)(H,34,38)(H,35,37)/b28-19+. The average molecular weight is 552 g/mol. The first-order valence-corrected chi connectivity index (χ1v) is 13.5. The lowest BCUT2D eigenvalue weighted by Gasteiger charge is -2.13. The summed E-state index contributed by atoms with van der Waals surface area (Å²) in [6, 6.07) is 30.6. The molecule has 8 heteroatoms. The van der Waals surface area contributed by atoms with Crippen LogP contribution in [0.5, 0.6) is 5.75 Å². The van der Waals surface area contributed by atoms with Gasteiger partial charge in [-0.1, -0.05) is 60.2 Å². The third-order valence-corrected chi connectivity index (χ3v) is 6.76. The fraction of sp³-hybridized carbons (Fsp3) is 0.0938. The maximum atomic E-state index is 13.4. The van der Waals surface area contributed by atoms with Gasteiger partial charge in [-0.05, 0) is 61.5 Å². The van der Waals surface area contributed by atoms with Crippen LogP contribution >= 0.6 is 11.8 Å². The summed E-state index contributed by atoms with van der Waals surface area (Å²) in [5, 5.41) is 8.46. The zero-order valence-electron chi connectivity index (χ0n) is 22.1. The van der Waals surface area contributed by atoms with Crippen molar-refractivity contribution in [1.82, 2.24) is 5.32 Å². The molecule has 0 atom stereocenters. The molecule has 0 saturated heterocycles. The maximum absolute atomic E-state index is 13.4. The van der Waals surface area contributed by atoms with Crippen molar-refractivity contribution in [3.05, 3.63) is 126 Å². The lowest BCUT2D eigenvalue weighted by Crippen LogP contribution is -2.30. The number of thioether (sulfide) groups is 1. The van der Waals surface area contributed by atoms with Gasteiger partial charge in [0.15, 0.2) is 0 Å². The lowest BCUT2D eigenvalue weighted by atomic mass is 10.1. The molecule has 0 unspecified atom stereocenters. The Hall–Kier alpha value is -4.82. The van der Waals surface area contributed by atoms with Gasteiger partial charge in [0.25, 0.3) is 11.8 Å². The molecule has 0 aliphatic heterocycles. The normalized spacial score (nSPS) is 10.9. The van der Waals surface area contributed by atoms with Gasteiger partial charge in [0, 0.05) is 27.4 Å². The van der Waals surface area contributed by atoms with Crippen molar-refractivity contribution >= 4 is 46.9 Å². The van der Waals surface area contributed by atoms with E-state index in [2.05, 4.69) is 16.0 Å². The Morgan fingerprint density at radius 2 is 1.52 bits per heavy atom. The highest BCUT2D eigenvalue weighted by atomic mass is 32.2. The van der Waals surface area contributed by atoms with Crippen LogP contribution in [0, 0.1) is 6.92 Å². The van der Waals surface area contributed by atoms with Crippen LogP contribution in [0.15, 0.2) is 114 Å². The summed E-state index contributed by atoms with van der Waals surface area (Å²) in [6.45, 7) is 1.99. The van der Waals surface area contributed by atoms with E-state index in [1.807, 2.05) is 55.5 Å².